The van der Waals surface area contributed by atoms with Gasteiger partial charge in [0.1, 0.15) is 0 Å². The number of morpholine rings is 1. The number of guanidine groups is 1. The molecule has 1 aromatic rings. The molecular weight excluding hydrogens is 386 g/mol. The molecule has 4 nitrogen and oxygen atoms in total. The molecule has 1 unspecified atom stereocenters. The molecule has 1 atom stereocenters. The average molecular weight is 401 g/mol. The normalized spacial score (nSPS) is 19.4. The first-order valence-corrected chi connectivity index (χ1v) is 5.75. The van der Waals surface area contributed by atoms with Crippen molar-refractivity contribution in [3.8, 4) is 0 Å². The quantitative estimate of drug-likeness (QED) is 0.432. The minimum absolute atomic E-state index is 0. The van der Waals surface area contributed by atoms with Gasteiger partial charge in [0.05, 0.1) is 24.8 Å². The number of rotatable bonds is 1. The Morgan fingerprint density at radius 1 is 1.40 bits per heavy atom. The molecule has 3 N–H and O–H groups in total. The zero-order valence-electron chi connectivity index (χ0n) is 10.5. The zero-order chi connectivity index (χ0) is 14.0. The minimum atomic E-state index is -4.38. The zero-order valence-corrected chi connectivity index (χ0v) is 12.8. The van der Waals surface area contributed by atoms with Crippen LogP contribution in [0.1, 0.15) is 17.2 Å². The second-order valence-corrected chi connectivity index (χ2v) is 4.29. The van der Waals surface area contributed by atoms with Gasteiger partial charge < -0.3 is 15.4 Å². The first kappa shape index (κ1) is 17.0. The molecule has 0 spiro atoms. The standard InChI is InChI=1S/C12H14F3N3O.HI/c13-12(14,15)9-3-1-2-8(6-9)10-7-19-5-4-18(10)11(16)17;/h1-3,6,10H,4-5,7H2,(H3,16,17);1H. The summed E-state index contributed by atoms with van der Waals surface area (Å²) in [7, 11) is 0. The van der Waals surface area contributed by atoms with Gasteiger partial charge in [-0.05, 0) is 17.7 Å². The van der Waals surface area contributed by atoms with Crippen molar-refractivity contribution in [2.45, 2.75) is 12.2 Å². The number of alkyl halides is 3. The van der Waals surface area contributed by atoms with Gasteiger partial charge in [0.15, 0.2) is 5.96 Å². The smallest absolute Gasteiger partial charge is 0.377 e. The summed E-state index contributed by atoms with van der Waals surface area (Å²) >= 11 is 0. The van der Waals surface area contributed by atoms with Gasteiger partial charge in [0.2, 0.25) is 0 Å². The van der Waals surface area contributed by atoms with E-state index in [1.54, 1.807) is 11.0 Å². The van der Waals surface area contributed by atoms with Crippen molar-refractivity contribution in [1.82, 2.24) is 4.90 Å². The Bertz CT molecular complexity index is 481. The summed E-state index contributed by atoms with van der Waals surface area (Å²) in [5.74, 6) is -0.161. The second-order valence-electron chi connectivity index (χ2n) is 4.29. The molecule has 0 radical (unpaired) electrons. The van der Waals surface area contributed by atoms with Crippen LogP contribution in [-0.4, -0.2) is 30.6 Å². The van der Waals surface area contributed by atoms with E-state index in [1.165, 1.54) is 6.07 Å². The van der Waals surface area contributed by atoms with Gasteiger partial charge in [-0.3, -0.25) is 5.41 Å². The third-order valence-corrected chi connectivity index (χ3v) is 3.04. The highest BCUT2D eigenvalue weighted by atomic mass is 127. The van der Waals surface area contributed by atoms with E-state index < -0.39 is 17.8 Å². The molecule has 0 aliphatic carbocycles. The molecule has 0 saturated carbocycles. The Hall–Kier alpha value is -1.03. The van der Waals surface area contributed by atoms with E-state index in [2.05, 4.69) is 0 Å². The molecule has 112 valence electrons. The molecule has 8 heteroatoms. The molecule has 0 aromatic heterocycles. The molecule has 20 heavy (non-hydrogen) atoms. The molecule has 1 fully saturated rings. The SMILES string of the molecule is I.N=C(N)N1CCOCC1c1cccc(C(F)(F)F)c1. The molecule has 0 amide bonds. The van der Waals surface area contributed by atoms with Crippen molar-refractivity contribution < 1.29 is 17.9 Å². The second kappa shape index (κ2) is 6.61. The van der Waals surface area contributed by atoms with Crippen LogP contribution >= 0.6 is 24.0 Å². The number of ether oxygens (including phenoxy) is 1. The van der Waals surface area contributed by atoms with Gasteiger partial charge in [-0.15, -0.1) is 24.0 Å². The Kier molecular flexibility index (Phi) is 5.63. The van der Waals surface area contributed by atoms with Crippen LogP contribution in [0.2, 0.25) is 0 Å². The summed E-state index contributed by atoms with van der Waals surface area (Å²) in [6.07, 6.45) is -4.38. The van der Waals surface area contributed by atoms with E-state index in [0.29, 0.717) is 18.7 Å². The molecular formula is C12H15F3IN3O. The van der Waals surface area contributed by atoms with Crippen LogP contribution in [0, 0.1) is 5.41 Å². The molecule has 0 bridgehead atoms. The van der Waals surface area contributed by atoms with Crippen LogP contribution < -0.4 is 5.73 Å². The highest BCUT2D eigenvalue weighted by molar-refractivity contribution is 14.0. The van der Waals surface area contributed by atoms with E-state index in [-0.39, 0.29) is 36.5 Å². The van der Waals surface area contributed by atoms with Crippen molar-refractivity contribution in [1.29, 1.82) is 5.41 Å². The number of hydrogen-bond acceptors (Lipinski definition) is 2. The number of halogens is 4. The maximum atomic E-state index is 12.7. The first-order chi connectivity index (χ1) is 8.89. The van der Waals surface area contributed by atoms with Gasteiger partial charge >= 0.3 is 6.18 Å². The number of benzene rings is 1. The van der Waals surface area contributed by atoms with Crippen LogP contribution in [0.15, 0.2) is 24.3 Å². The van der Waals surface area contributed by atoms with Gasteiger partial charge in [-0.25, -0.2) is 0 Å². The average Bonchev–Trinajstić information content (AvgIpc) is 2.38. The van der Waals surface area contributed by atoms with Crippen molar-refractivity contribution >= 4 is 29.9 Å². The van der Waals surface area contributed by atoms with Crippen molar-refractivity contribution in [3.63, 3.8) is 0 Å². The predicted molar refractivity (Wildman–Crippen MR) is 79.0 cm³/mol. The van der Waals surface area contributed by atoms with E-state index in [1.807, 2.05) is 0 Å². The largest absolute Gasteiger partial charge is 0.416 e. The van der Waals surface area contributed by atoms with Gasteiger partial charge in [0, 0.05) is 6.54 Å². The lowest BCUT2D eigenvalue weighted by molar-refractivity contribution is -0.137. The number of nitrogens with two attached hydrogens (primary N) is 1. The van der Waals surface area contributed by atoms with E-state index in [4.69, 9.17) is 15.9 Å². The summed E-state index contributed by atoms with van der Waals surface area (Å²) in [5.41, 5.74) is 5.19. The molecule has 1 saturated heterocycles. The third kappa shape index (κ3) is 3.75. The van der Waals surface area contributed by atoms with Gasteiger partial charge in [-0.2, -0.15) is 13.2 Å². The number of nitrogens with one attached hydrogen (secondary N) is 1. The van der Waals surface area contributed by atoms with Gasteiger partial charge in [-0.1, -0.05) is 12.1 Å². The third-order valence-electron chi connectivity index (χ3n) is 3.04. The topological polar surface area (TPSA) is 62.3 Å². The van der Waals surface area contributed by atoms with Crippen molar-refractivity contribution in [3.05, 3.63) is 35.4 Å². The highest BCUT2D eigenvalue weighted by Gasteiger charge is 2.32. The van der Waals surface area contributed by atoms with Crippen LogP contribution in [0.5, 0.6) is 0 Å². The van der Waals surface area contributed by atoms with Crippen LogP contribution in [0.3, 0.4) is 0 Å². The van der Waals surface area contributed by atoms with Crippen molar-refractivity contribution in [2.24, 2.45) is 5.73 Å². The Morgan fingerprint density at radius 2 is 2.10 bits per heavy atom. The van der Waals surface area contributed by atoms with Crippen LogP contribution in [0.4, 0.5) is 13.2 Å². The fourth-order valence-corrected chi connectivity index (χ4v) is 2.09. The predicted octanol–water partition coefficient (Wildman–Crippen LogP) is 2.59. The highest BCUT2D eigenvalue weighted by Crippen LogP contribution is 2.32. The number of nitrogens with zero attached hydrogens (tertiary/aromatic N) is 1. The lowest BCUT2D eigenvalue weighted by Crippen LogP contribution is -2.46. The molecule has 1 aliphatic rings. The lowest BCUT2D eigenvalue weighted by atomic mass is 10.0. The molecule has 1 aliphatic heterocycles. The maximum absolute atomic E-state index is 12.7. The first-order valence-electron chi connectivity index (χ1n) is 5.75. The van der Waals surface area contributed by atoms with Crippen molar-refractivity contribution in [2.75, 3.05) is 19.8 Å². The summed E-state index contributed by atoms with van der Waals surface area (Å²) in [6.45, 7) is 1.03. The fourth-order valence-electron chi connectivity index (χ4n) is 2.09. The maximum Gasteiger partial charge on any atom is 0.416 e. The molecule has 2 rings (SSSR count). The van der Waals surface area contributed by atoms with E-state index in [9.17, 15) is 13.2 Å². The van der Waals surface area contributed by atoms with E-state index in [0.717, 1.165) is 12.1 Å². The Labute approximate surface area is 131 Å². The summed E-state index contributed by atoms with van der Waals surface area (Å²) < 4.78 is 43.3. The fraction of sp³-hybridized carbons (Fsp3) is 0.417. The monoisotopic (exact) mass is 401 g/mol. The summed E-state index contributed by atoms with van der Waals surface area (Å²) in [6, 6.07) is 4.59. The molecule has 1 aromatic carbocycles. The minimum Gasteiger partial charge on any atom is -0.377 e. The number of hydrogen-bond donors (Lipinski definition) is 2. The molecule has 1 heterocycles. The van der Waals surface area contributed by atoms with Crippen LogP contribution in [0.25, 0.3) is 0 Å². The van der Waals surface area contributed by atoms with Crippen LogP contribution in [-0.2, 0) is 10.9 Å². The summed E-state index contributed by atoms with van der Waals surface area (Å²) in [5, 5.41) is 7.47. The Balaban J connectivity index is 0.00000200. The summed E-state index contributed by atoms with van der Waals surface area (Å²) in [4.78, 5) is 1.54. The lowest BCUT2D eigenvalue weighted by Gasteiger charge is -2.36. The Morgan fingerprint density at radius 3 is 2.70 bits per heavy atom. The van der Waals surface area contributed by atoms with E-state index >= 15 is 0 Å². The van der Waals surface area contributed by atoms with Gasteiger partial charge in [0.25, 0.3) is 0 Å².